The van der Waals surface area contributed by atoms with E-state index in [1.807, 2.05) is 32.2 Å². The zero-order valence-corrected chi connectivity index (χ0v) is 11.8. The van der Waals surface area contributed by atoms with E-state index in [9.17, 15) is 0 Å². The molecule has 2 heterocycles. The van der Waals surface area contributed by atoms with Gasteiger partial charge in [-0.15, -0.1) is 0 Å². The lowest BCUT2D eigenvalue weighted by Crippen LogP contribution is -1.98. The molecule has 0 spiro atoms. The Labute approximate surface area is 117 Å². The molecule has 1 aromatic carbocycles. The van der Waals surface area contributed by atoms with Crippen LogP contribution in [0.15, 0.2) is 41.0 Å². The van der Waals surface area contributed by atoms with Crippen molar-refractivity contribution in [2.45, 2.75) is 13.8 Å². The standard InChI is InChI=1S/C16H17N3O/c1-10-5-4-6-12(9-10)13-14(18-19(3)16(13)17)15-11(2)7-8-20-15/h4-9H,17H2,1-3H3. The van der Waals surface area contributed by atoms with Crippen LogP contribution in [0.5, 0.6) is 0 Å². The summed E-state index contributed by atoms with van der Waals surface area (Å²) in [5.41, 5.74) is 11.2. The molecule has 0 aliphatic heterocycles. The highest BCUT2D eigenvalue weighted by molar-refractivity contribution is 5.87. The molecule has 0 saturated heterocycles. The minimum atomic E-state index is 0.640. The van der Waals surface area contributed by atoms with Gasteiger partial charge in [0.2, 0.25) is 0 Å². The highest BCUT2D eigenvalue weighted by Crippen LogP contribution is 2.37. The molecule has 20 heavy (non-hydrogen) atoms. The van der Waals surface area contributed by atoms with Gasteiger partial charge in [0.05, 0.1) is 11.8 Å². The van der Waals surface area contributed by atoms with Crippen LogP contribution in [-0.4, -0.2) is 9.78 Å². The molecule has 4 heteroatoms. The van der Waals surface area contributed by atoms with Crippen LogP contribution in [0.4, 0.5) is 5.82 Å². The number of rotatable bonds is 2. The lowest BCUT2D eigenvalue weighted by Gasteiger charge is -2.04. The fourth-order valence-corrected chi connectivity index (χ4v) is 2.40. The Morgan fingerprint density at radius 2 is 2.00 bits per heavy atom. The normalized spacial score (nSPS) is 10.9. The number of nitrogen functional groups attached to an aromatic ring is 1. The van der Waals surface area contributed by atoms with E-state index in [0.717, 1.165) is 28.1 Å². The molecule has 3 rings (SSSR count). The maximum Gasteiger partial charge on any atom is 0.157 e. The van der Waals surface area contributed by atoms with Gasteiger partial charge in [-0.3, -0.25) is 4.68 Å². The number of anilines is 1. The van der Waals surface area contributed by atoms with Gasteiger partial charge in [0, 0.05) is 7.05 Å². The highest BCUT2D eigenvalue weighted by Gasteiger charge is 2.20. The Balaban J connectivity index is 2.28. The Morgan fingerprint density at radius 3 is 2.65 bits per heavy atom. The van der Waals surface area contributed by atoms with Crippen molar-refractivity contribution in [1.82, 2.24) is 9.78 Å². The lowest BCUT2D eigenvalue weighted by atomic mass is 10.0. The molecular formula is C16H17N3O. The Kier molecular flexibility index (Phi) is 2.86. The van der Waals surface area contributed by atoms with Crippen LogP contribution in [0.3, 0.4) is 0 Å². The molecule has 0 fully saturated rings. The van der Waals surface area contributed by atoms with Crippen molar-refractivity contribution < 1.29 is 4.42 Å². The summed E-state index contributed by atoms with van der Waals surface area (Å²) in [5.74, 6) is 1.41. The third-order valence-electron chi connectivity index (χ3n) is 3.48. The predicted octanol–water partition coefficient (Wildman–Crippen LogP) is 3.55. The van der Waals surface area contributed by atoms with E-state index in [2.05, 4.69) is 24.2 Å². The molecule has 3 aromatic rings. The Bertz CT molecular complexity index is 768. The van der Waals surface area contributed by atoms with E-state index in [-0.39, 0.29) is 0 Å². The van der Waals surface area contributed by atoms with Gasteiger partial charge in [-0.1, -0.05) is 29.8 Å². The molecule has 0 saturated carbocycles. The van der Waals surface area contributed by atoms with Gasteiger partial charge in [-0.05, 0) is 31.0 Å². The predicted molar refractivity (Wildman–Crippen MR) is 80.2 cm³/mol. The van der Waals surface area contributed by atoms with Gasteiger partial charge in [0.15, 0.2) is 5.76 Å². The summed E-state index contributed by atoms with van der Waals surface area (Å²) in [5, 5.41) is 4.52. The smallest absolute Gasteiger partial charge is 0.157 e. The molecule has 2 N–H and O–H groups in total. The molecule has 0 aliphatic rings. The van der Waals surface area contributed by atoms with Crippen molar-refractivity contribution in [3.8, 4) is 22.6 Å². The average molecular weight is 267 g/mol. The van der Waals surface area contributed by atoms with Gasteiger partial charge in [-0.2, -0.15) is 5.10 Å². The van der Waals surface area contributed by atoms with Crippen LogP contribution in [0.25, 0.3) is 22.6 Å². The van der Waals surface area contributed by atoms with Crippen molar-refractivity contribution in [2.24, 2.45) is 7.05 Å². The first-order valence-corrected chi connectivity index (χ1v) is 6.52. The molecular weight excluding hydrogens is 250 g/mol. The quantitative estimate of drug-likeness (QED) is 0.772. The Hall–Kier alpha value is -2.49. The largest absolute Gasteiger partial charge is 0.462 e. The number of nitrogens with zero attached hydrogens (tertiary/aromatic N) is 2. The maximum absolute atomic E-state index is 6.20. The van der Waals surface area contributed by atoms with Crippen LogP contribution in [0.1, 0.15) is 11.1 Å². The first-order valence-electron chi connectivity index (χ1n) is 6.52. The number of aromatic nitrogens is 2. The molecule has 0 amide bonds. The number of hydrogen-bond acceptors (Lipinski definition) is 3. The molecule has 0 unspecified atom stereocenters. The summed E-state index contributed by atoms with van der Waals surface area (Å²) in [6.07, 6.45) is 1.68. The second-order valence-corrected chi connectivity index (χ2v) is 5.03. The average Bonchev–Trinajstić information content (AvgIpc) is 2.94. The second-order valence-electron chi connectivity index (χ2n) is 5.03. The summed E-state index contributed by atoms with van der Waals surface area (Å²) in [4.78, 5) is 0. The molecule has 4 nitrogen and oxygen atoms in total. The SMILES string of the molecule is Cc1cccc(-c2c(-c3occc3C)nn(C)c2N)c1. The van der Waals surface area contributed by atoms with Crippen molar-refractivity contribution in [3.05, 3.63) is 47.7 Å². The third kappa shape index (κ3) is 1.90. The fraction of sp³-hybridized carbons (Fsp3) is 0.188. The number of aryl methyl sites for hydroxylation is 3. The molecule has 0 radical (unpaired) electrons. The monoisotopic (exact) mass is 267 g/mol. The molecule has 102 valence electrons. The Morgan fingerprint density at radius 1 is 1.20 bits per heavy atom. The number of hydrogen-bond donors (Lipinski definition) is 1. The van der Waals surface area contributed by atoms with E-state index in [1.165, 1.54) is 5.56 Å². The van der Waals surface area contributed by atoms with Crippen LogP contribution in [0.2, 0.25) is 0 Å². The summed E-state index contributed by atoms with van der Waals surface area (Å²) in [6, 6.07) is 10.2. The molecule has 0 atom stereocenters. The number of benzene rings is 1. The van der Waals surface area contributed by atoms with Crippen molar-refractivity contribution in [3.63, 3.8) is 0 Å². The maximum atomic E-state index is 6.20. The van der Waals surface area contributed by atoms with Gasteiger partial charge < -0.3 is 10.2 Å². The van der Waals surface area contributed by atoms with E-state index >= 15 is 0 Å². The number of nitrogens with two attached hydrogens (primary N) is 1. The summed E-state index contributed by atoms with van der Waals surface area (Å²) in [6.45, 7) is 4.07. The van der Waals surface area contributed by atoms with E-state index in [1.54, 1.807) is 10.9 Å². The van der Waals surface area contributed by atoms with Crippen molar-refractivity contribution >= 4 is 5.82 Å². The van der Waals surface area contributed by atoms with E-state index < -0.39 is 0 Å². The second kappa shape index (κ2) is 4.56. The number of furan rings is 1. The van der Waals surface area contributed by atoms with Crippen molar-refractivity contribution in [2.75, 3.05) is 5.73 Å². The van der Waals surface area contributed by atoms with Crippen LogP contribution in [0, 0.1) is 13.8 Å². The zero-order valence-electron chi connectivity index (χ0n) is 11.8. The fourth-order valence-electron chi connectivity index (χ4n) is 2.40. The van der Waals surface area contributed by atoms with Gasteiger partial charge >= 0.3 is 0 Å². The minimum Gasteiger partial charge on any atom is -0.462 e. The van der Waals surface area contributed by atoms with Crippen LogP contribution in [-0.2, 0) is 7.05 Å². The van der Waals surface area contributed by atoms with E-state index in [0.29, 0.717) is 5.82 Å². The third-order valence-corrected chi connectivity index (χ3v) is 3.48. The summed E-state index contributed by atoms with van der Waals surface area (Å²) in [7, 11) is 1.84. The summed E-state index contributed by atoms with van der Waals surface area (Å²) < 4.78 is 7.27. The lowest BCUT2D eigenvalue weighted by molar-refractivity contribution is 0.576. The highest BCUT2D eigenvalue weighted by atomic mass is 16.3. The first-order chi connectivity index (χ1) is 9.58. The molecule has 0 bridgehead atoms. The summed E-state index contributed by atoms with van der Waals surface area (Å²) >= 11 is 0. The van der Waals surface area contributed by atoms with Gasteiger partial charge in [-0.25, -0.2) is 0 Å². The van der Waals surface area contributed by atoms with Crippen LogP contribution < -0.4 is 5.73 Å². The molecule has 0 aliphatic carbocycles. The van der Waals surface area contributed by atoms with Gasteiger partial charge in [0.25, 0.3) is 0 Å². The molecule has 2 aromatic heterocycles. The van der Waals surface area contributed by atoms with Gasteiger partial charge in [0.1, 0.15) is 11.5 Å². The van der Waals surface area contributed by atoms with E-state index in [4.69, 9.17) is 10.2 Å². The van der Waals surface area contributed by atoms with Crippen LogP contribution >= 0.6 is 0 Å². The minimum absolute atomic E-state index is 0.640. The van der Waals surface area contributed by atoms with Crippen molar-refractivity contribution in [1.29, 1.82) is 0 Å². The zero-order chi connectivity index (χ0) is 14.3. The topological polar surface area (TPSA) is 57.0 Å². The first kappa shape index (κ1) is 12.5.